The number of nitrogen functional groups attached to an aromatic ring is 1. The van der Waals surface area contributed by atoms with Crippen LogP contribution in [-0.2, 0) is 10.0 Å². The first-order chi connectivity index (χ1) is 12.8. The van der Waals surface area contributed by atoms with E-state index in [1.807, 2.05) is 24.3 Å². The SMILES string of the molecule is CC(CCNc1ccc2nc(N)n(S(=O)(=O)C(C)C)c2c1)c1ccccc1. The molecule has 7 heteroatoms. The molecule has 0 aliphatic heterocycles. The molecule has 0 saturated heterocycles. The van der Waals surface area contributed by atoms with Crippen molar-refractivity contribution in [3.05, 3.63) is 54.1 Å². The van der Waals surface area contributed by atoms with Gasteiger partial charge in [-0.25, -0.2) is 17.4 Å². The summed E-state index contributed by atoms with van der Waals surface area (Å²) in [5.41, 5.74) is 9.11. The lowest BCUT2D eigenvalue weighted by molar-refractivity contribution is 0.580. The van der Waals surface area contributed by atoms with Crippen LogP contribution in [0.3, 0.4) is 0 Å². The number of benzene rings is 2. The minimum Gasteiger partial charge on any atom is -0.385 e. The largest absolute Gasteiger partial charge is 0.385 e. The highest BCUT2D eigenvalue weighted by molar-refractivity contribution is 7.90. The van der Waals surface area contributed by atoms with Crippen molar-refractivity contribution in [1.29, 1.82) is 0 Å². The lowest BCUT2D eigenvalue weighted by atomic mass is 9.98. The molecule has 0 radical (unpaired) electrons. The topological polar surface area (TPSA) is 90.0 Å². The molecule has 6 nitrogen and oxygen atoms in total. The van der Waals surface area contributed by atoms with Crippen LogP contribution in [0.2, 0.25) is 0 Å². The quantitative estimate of drug-likeness (QED) is 0.644. The summed E-state index contributed by atoms with van der Waals surface area (Å²) in [5, 5.41) is 2.80. The molecule has 3 rings (SSSR count). The Labute approximate surface area is 160 Å². The minimum absolute atomic E-state index is 0.00597. The number of hydrogen-bond donors (Lipinski definition) is 2. The highest BCUT2D eigenvalue weighted by Crippen LogP contribution is 2.26. The number of imidazole rings is 1. The van der Waals surface area contributed by atoms with Crippen LogP contribution >= 0.6 is 0 Å². The molecule has 0 amide bonds. The van der Waals surface area contributed by atoms with Gasteiger partial charge in [0, 0.05) is 12.2 Å². The van der Waals surface area contributed by atoms with Crippen LogP contribution in [0.15, 0.2) is 48.5 Å². The van der Waals surface area contributed by atoms with Gasteiger partial charge in [0.25, 0.3) is 0 Å². The van der Waals surface area contributed by atoms with Crippen LogP contribution in [0.25, 0.3) is 11.0 Å². The third-order valence-corrected chi connectivity index (χ3v) is 6.85. The van der Waals surface area contributed by atoms with Crippen LogP contribution < -0.4 is 11.1 Å². The molecule has 0 aliphatic rings. The minimum atomic E-state index is -3.58. The van der Waals surface area contributed by atoms with E-state index in [1.54, 1.807) is 26.0 Å². The van der Waals surface area contributed by atoms with Crippen molar-refractivity contribution < 1.29 is 8.42 Å². The Hall–Kier alpha value is -2.54. The third kappa shape index (κ3) is 3.93. The molecule has 1 unspecified atom stereocenters. The lowest BCUT2D eigenvalue weighted by Gasteiger charge is -2.14. The molecule has 1 heterocycles. The summed E-state index contributed by atoms with van der Waals surface area (Å²) < 4.78 is 26.4. The van der Waals surface area contributed by atoms with E-state index in [-0.39, 0.29) is 5.95 Å². The fourth-order valence-electron chi connectivity index (χ4n) is 3.04. The van der Waals surface area contributed by atoms with Gasteiger partial charge in [0.1, 0.15) is 0 Å². The maximum absolute atomic E-state index is 12.6. The first-order valence-corrected chi connectivity index (χ1v) is 10.6. The average molecular weight is 387 g/mol. The van der Waals surface area contributed by atoms with Crippen LogP contribution in [0, 0.1) is 0 Å². The summed E-state index contributed by atoms with van der Waals surface area (Å²) in [5.74, 6) is 0.429. The van der Waals surface area contributed by atoms with Crippen LogP contribution in [0.1, 0.15) is 38.7 Å². The molecule has 0 bridgehead atoms. The van der Waals surface area contributed by atoms with Gasteiger partial charge in [-0.1, -0.05) is 37.3 Å². The summed E-state index contributed by atoms with van der Waals surface area (Å²) in [6.45, 7) is 6.24. The Morgan fingerprint density at radius 3 is 2.48 bits per heavy atom. The molecule has 0 aliphatic carbocycles. The summed E-state index contributed by atoms with van der Waals surface area (Å²) in [6.07, 6.45) is 0.966. The van der Waals surface area contributed by atoms with Gasteiger partial charge in [-0.3, -0.25) is 0 Å². The van der Waals surface area contributed by atoms with E-state index in [1.165, 1.54) is 5.56 Å². The van der Waals surface area contributed by atoms with Crippen LogP contribution in [0.5, 0.6) is 0 Å². The van der Waals surface area contributed by atoms with Gasteiger partial charge >= 0.3 is 0 Å². The van der Waals surface area contributed by atoms with E-state index in [9.17, 15) is 8.42 Å². The Balaban J connectivity index is 1.78. The molecule has 27 heavy (non-hydrogen) atoms. The number of nitrogens with zero attached hydrogens (tertiary/aromatic N) is 2. The van der Waals surface area contributed by atoms with E-state index in [4.69, 9.17) is 5.73 Å². The molecule has 1 atom stereocenters. The number of nitrogens with two attached hydrogens (primary N) is 1. The van der Waals surface area contributed by atoms with Gasteiger partial charge in [-0.2, -0.15) is 0 Å². The monoisotopic (exact) mass is 386 g/mol. The molecule has 0 saturated carbocycles. The molecule has 0 spiro atoms. The molecule has 3 N–H and O–H groups in total. The highest BCUT2D eigenvalue weighted by atomic mass is 32.2. The van der Waals surface area contributed by atoms with E-state index in [0.29, 0.717) is 17.0 Å². The Morgan fingerprint density at radius 2 is 1.81 bits per heavy atom. The summed E-state index contributed by atoms with van der Waals surface area (Å²) in [6, 6.07) is 15.9. The highest BCUT2D eigenvalue weighted by Gasteiger charge is 2.24. The fourth-order valence-corrected chi connectivity index (χ4v) is 4.19. The van der Waals surface area contributed by atoms with Crippen molar-refractivity contribution in [2.24, 2.45) is 0 Å². The van der Waals surface area contributed by atoms with Crippen molar-refractivity contribution in [2.45, 2.75) is 38.4 Å². The Kier molecular flexibility index (Phi) is 5.41. The average Bonchev–Trinajstić information content (AvgIpc) is 2.98. The van der Waals surface area contributed by atoms with E-state index < -0.39 is 15.3 Å². The Morgan fingerprint density at radius 1 is 1.11 bits per heavy atom. The predicted molar refractivity (Wildman–Crippen MR) is 112 cm³/mol. The van der Waals surface area contributed by atoms with Crippen LogP contribution in [0.4, 0.5) is 11.6 Å². The van der Waals surface area contributed by atoms with Gasteiger partial charge in [-0.15, -0.1) is 0 Å². The van der Waals surface area contributed by atoms with Gasteiger partial charge < -0.3 is 11.1 Å². The normalized spacial score (nSPS) is 13.2. The number of aromatic nitrogens is 2. The maximum atomic E-state index is 12.6. The smallest absolute Gasteiger partial charge is 0.244 e. The maximum Gasteiger partial charge on any atom is 0.244 e. The zero-order valence-corrected chi connectivity index (χ0v) is 16.7. The number of hydrogen-bond acceptors (Lipinski definition) is 5. The van der Waals surface area contributed by atoms with Gasteiger partial charge in [-0.05, 0) is 49.9 Å². The van der Waals surface area contributed by atoms with Crippen molar-refractivity contribution in [3.8, 4) is 0 Å². The van der Waals surface area contributed by atoms with Gasteiger partial charge in [0.15, 0.2) is 0 Å². The third-order valence-electron chi connectivity index (χ3n) is 4.76. The second kappa shape index (κ2) is 7.60. The zero-order chi connectivity index (χ0) is 19.6. The van der Waals surface area contributed by atoms with Crippen molar-refractivity contribution in [1.82, 2.24) is 8.96 Å². The second-order valence-corrected chi connectivity index (χ2v) is 9.40. The van der Waals surface area contributed by atoms with Crippen LogP contribution in [-0.4, -0.2) is 29.2 Å². The standard InChI is InChI=1S/C20H26N4O2S/c1-14(2)27(25,26)24-19-13-17(9-10-18(19)23-20(24)21)22-12-11-15(3)16-7-5-4-6-8-16/h4-10,13-15,22H,11-12H2,1-3H3,(H2,21,23). The summed E-state index contributed by atoms with van der Waals surface area (Å²) >= 11 is 0. The molecule has 144 valence electrons. The number of rotatable bonds is 7. The number of fused-ring (bicyclic) bond motifs is 1. The number of anilines is 2. The van der Waals surface area contributed by atoms with E-state index in [0.717, 1.165) is 22.6 Å². The van der Waals surface area contributed by atoms with Crippen molar-refractivity contribution >= 4 is 32.7 Å². The van der Waals surface area contributed by atoms with Gasteiger partial charge in [0.05, 0.1) is 16.3 Å². The molecule has 1 aromatic heterocycles. The predicted octanol–water partition coefficient (Wildman–Crippen LogP) is 3.81. The lowest BCUT2D eigenvalue weighted by Crippen LogP contribution is -2.23. The van der Waals surface area contributed by atoms with Crippen molar-refractivity contribution in [2.75, 3.05) is 17.6 Å². The number of nitrogens with one attached hydrogen (secondary N) is 1. The Bertz CT molecular complexity index is 1030. The first-order valence-electron chi connectivity index (χ1n) is 9.12. The fraction of sp³-hybridized carbons (Fsp3) is 0.350. The molecule has 2 aromatic carbocycles. The van der Waals surface area contributed by atoms with E-state index >= 15 is 0 Å². The zero-order valence-electron chi connectivity index (χ0n) is 15.9. The molecular formula is C20H26N4O2S. The first kappa shape index (κ1) is 19.2. The molecular weight excluding hydrogens is 360 g/mol. The van der Waals surface area contributed by atoms with Crippen molar-refractivity contribution in [3.63, 3.8) is 0 Å². The molecule has 3 aromatic rings. The molecule has 0 fully saturated rings. The summed E-state index contributed by atoms with van der Waals surface area (Å²) in [4.78, 5) is 4.18. The summed E-state index contributed by atoms with van der Waals surface area (Å²) in [7, 11) is -3.58. The second-order valence-electron chi connectivity index (χ2n) is 7.06. The van der Waals surface area contributed by atoms with Gasteiger partial charge in [0.2, 0.25) is 16.0 Å². The van der Waals surface area contributed by atoms with E-state index in [2.05, 4.69) is 29.4 Å².